The van der Waals surface area contributed by atoms with E-state index in [0.29, 0.717) is 66.6 Å². The number of H-pyrrole nitrogens is 1. The van der Waals surface area contributed by atoms with E-state index in [1.54, 1.807) is 42.5 Å². The van der Waals surface area contributed by atoms with Gasteiger partial charge in [-0.15, -0.1) is 0 Å². The van der Waals surface area contributed by atoms with Crippen molar-refractivity contribution >= 4 is 86.2 Å². The van der Waals surface area contributed by atoms with Gasteiger partial charge in [-0.25, -0.2) is 26.9 Å². The minimum Gasteiger partial charge on any atom is -0.506 e. The molecule has 0 spiro atoms. The number of halogens is 7. The minimum atomic E-state index is -0.464. The van der Waals surface area contributed by atoms with Crippen LogP contribution in [0, 0.1) is 29.1 Å². The Bertz CT molecular complexity index is 4120. The van der Waals surface area contributed by atoms with Gasteiger partial charge in [0.05, 0.1) is 34.0 Å². The molecule has 0 bridgehead atoms. The van der Waals surface area contributed by atoms with Crippen molar-refractivity contribution in [3.8, 4) is 28.0 Å². The van der Waals surface area contributed by atoms with E-state index in [-0.39, 0.29) is 64.6 Å². The van der Waals surface area contributed by atoms with E-state index in [1.807, 2.05) is 104 Å². The van der Waals surface area contributed by atoms with Crippen LogP contribution in [0.4, 0.5) is 39.0 Å². The first kappa shape index (κ1) is 67.9. The first-order chi connectivity index (χ1) is 42.4. The number of nitrogens with two attached hydrogens (primary N) is 1. The monoisotopic (exact) mass is 1230 g/mol. The molecule has 2 amide bonds. The summed E-state index contributed by atoms with van der Waals surface area (Å²) < 4.78 is 64.1. The smallest absolute Gasteiger partial charge is 0.373 e. The number of nitrogens with zero attached hydrogens (tertiary/aromatic N) is 1. The number of aromatic amines is 1. The third-order valence-electron chi connectivity index (χ3n) is 12.2. The number of carbonyl (C=O) groups excluding carboxylic acids is 6. The number of hydrogen-bond acceptors (Lipinski definition) is 10. The minimum absolute atomic E-state index is 0.0692. The van der Waals surface area contributed by atoms with Crippen LogP contribution in [-0.2, 0) is 35.2 Å². The van der Waals surface area contributed by atoms with Gasteiger partial charge in [0.2, 0.25) is 11.8 Å². The largest absolute Gasteiger partial charge is 0.506 e. The lowest BCUT2D eigenvalue weighted by Crippen LogP contribution is -2.20. The van der Waals surface area contributed by atoms with Crippen LogP contribution in [0.1, 0.15) is 30.4 Å². The third-order valence-corrected chi connectivity index (χ3v) is 12.8. The van der Waals surface area contributed by atoms with Crippen molar-refractivity contribution in [1.82, 2.24) is 9.97 Å². The van der Waals surface area contributed by atoms with Crippen molar-refractivity contribution in [1.29, 1.82) is 0 Å². The van der Waals surface area contributed by atoms with Crippen molar-refractivity contribution in [3.05, 3.63) is 291 Å². The van der Waals surface area contributed by atoms with Gasteiger partial charge in [0, 0.05) is 33.4 Å². The summed E-state index contributed by atoms with van der Waals surface area (Å²) in [5.74, 6) is -2.26. The first-order valence-corrected chi connectivity index (χ1v) is 26.9. The maximum absolute atomic E-state index is 13.3. The van der Waals surface area contributed by atoms with Gasteiger partial charge < -0.3 is 26.5 Å². The van der Waals surface area contributed by atoms with E-state index in [9.17, 15) is 41.4 Å². The molecule has 0 saturated heterocycles. The zero-order valence-corrected chi connectivity index (χ0v) is 47.9. The number of anilines is 3. The fourth-order valence-electron chi connectivity index (χ4n) is 8.14. The molecule has 20 heteroatoms. The number of aromatic hydroxyl groups is 1. The molecule has 11 rings (SSSR count). The highest BCUT2D eigenvalue weighted by Crippen LogP contribution is 2.38. The van der Waals surface area contributed by atoms with Crippen molar-refractivity contribution in [3.63, 3.8) is 0 Å². The average Bonchev–Trinajstić information content (AvgIpc) is 1.30. The van der Waals surface area contributed by atoms with Crippen LogP contribution in [0.5, 0.6) is 5.75 Å². The summed E-state index contributed by atoms with van der Waals surface area (Å²) in [6, 6.07) is 62.7. The fourth-order valence-corrected chi connectivity index (χ4v) is 8.84. The Kier molecular flexibility index (Phi) is 27.3. The topological polar surface area (TPSA) is 218 Å². The summed E-state index contributed by atoms with van der Waals surface area (Å²) in [7, 11) is 0. The second-order valence-electron chi connectivity index (χ2n) is 18.2. The summed E-state index contributed by atoms with van der Waals surface area (Å²) in [4.78, 5) is 75.3. The summed E-state index contributed by atoms with van der Waals surface area (Å²) >= 11 is 12.6. The molecule has 2 heterocycles. The zero-order chi connectivity index (χ0) is 64.0. The number of rotatable bonds is 9. The van der Waals surface area contributed by atoms with E-state index in [1.165, 1.54) is 91.0 Å². The molecule has 446 valence electrons. The van der Waals surface area contributed by atoms with Gasteiger partial charge in [-0.05, 0) is 138 Å². The molecular formula is C68H52Cl2F5N5O8. The Morgan fingerprint density at radius 3 is 1.47 bits per heavy atom. The number of nitrogen functional groups attached to an aromatic ring is 1. The number of pyridine rings is 2. The summed E-state index contributed by atoms with van der Waals surface area (Å²) in [6.45, 7) is 1.97. The number of nitrogens with one attached hydrogen (secondary N) is 3. The lowest BCUT2D eigenvalue weighted by atomic mass is 9.95. The summed E-state index contributed by atoms with van der Waals surface area (Å²) in [6.07, 6.45) is 1.54. The molecule has 6 N–H and O–H groups in total. The lowest BCUT2D eigenvalue weighted by Gasteiger charge is -2.15. The van der Waals surface area contributed by atoms with Crippen molar-refractivity contribution in [2.75, 3.05) is 16.4 Å². The van der Waals surface area contributed by atoms with Crippen LogP contribution in [0.3, 0.4) is 0 Å². The number of carbonyl (C=O) groups is 2. The maximum atomic E-state index is 13.3. The van der Waals surface area contributed by atoms with Gasteiger partial charge in [0.25, 0.3) is 5.56 Å². The van der Waals surface area contributed by atoms with E-state index in [4.69, 9.17) is 48.1 Å². The van der Waals surface area contributed by atoms with Gasteiger partial charge >= 0.3 is 12.3 Å². The van der Waals surface area contributed by atoms with E-state index >= 15 is 0 Å². The van der Waals surface area contributed by atoms with Crippen molar-refractivity contribution < 1.29 is 55.8 Å². The molecule has 13 nitrogen and oxygen atoms in total. The molecule has 1 atom stereocenters. The van der Waals surface area contributed by atoms with Crippen LogP contribution in [0.15, 0.2) is 235 Å². The Hall–Kier alpha value is -10.9. The van der Waals surface area contributed by atoms with Crippen LogP contribution in [-0.4, -0.2) is 39.2 Å². The summed E-state index contributed by atoms with van der Waals surface area (Å²) in [5, 5.41) is 17.3. The Labute approximate surface area is 510 Å². The van der Waals surface area contributed by atoms with Gasteiger partial charge in [-0.1, -0.05) is 151 Å². The average molecular weight is 1230 g/mol. The molecule has 88 heavy (non-hydrogen) atoms. The highest BCUT2D eigenvalue weighted by Gasteiger charge is 2.19. The zero-order valence-electron chi connectivity index (χ0n) is 46.4. The predicted molar refractivity (Wildman–Crippen MR) is 329 cm³/mol. The number of fused-ring (bicyclic) bond motifs is 2. The SMILES string of the molecule is CCC(C(=O)Nc1ccc(F)cc1)c1ccccc1.Fc1ccc2nc(Cl)c(-c3ccccc3)c(Cl)c2c1.Nc1ccc(F)cc1.O=C(Cc1ccccc1)Nc1ccc(F)cc1.O=C=O.O=C=O.O=c1[nH]c2ccc(F)cc2c(O)c1-c1ccccc1. The van der Waals surface area contributed by atoms with Gasteiger partial charge in [-0.3, -0.25) is 14.4 Å². The molecule has 0 aliphatic heterocycles. The van der Waals surface area contributed by atoms with E-state index in [2.05, 4.69) is 20.6 Å². The molecule has 9 aromatic carbocycles. The second kappa shape index (κ2) is 35.4. The highest BCUT2D eigenvalue weighted by atomic mass is 35.5. The third kappa shape index (κ3) is 21.3. The molecule has 0 fully saturated rings. The maximum Gasteiger partial charge on any atom is 0.373 e. The molecule has 0 saturated carbocycles. The standard InChI is InChI=1S/C16H16FNO.C15H8Cl2FN.C15H10FNO2.C14H12FNO.C6H6FN.2CO2/c1-2-15(12-6-4-3-5-7-12)16(19)18-14-10-8-13(17)9-11-14;16-14-11-8-10(18)6-7-12(11)19-15(17)13(14)9-4-2-1-3-5-9;16-10-6-7-12-11(8-10)14(18)13(15(19)17-12)9-4-2-1-3-5-9;15-12-6-8-13(9-7-12)16-14(17)10-11-4-2-1-3-5-11;7-5-1-3-6(8)4-2-5;2*2-1-3/h3-11,15H,2H2,1H3,(H,18,19);1-8H;1-8H,(H2,17,18,19);1-9H,10H2,(H,16,17);1-4H,8H2;;. The normalized spacial score (nSPS) is 10.2. The molecular weight excluding hydrogens is 1180 g/mol. The molecule has 0 radical (unpaired) electrons. The van der Waals surface area contributed by atoms with E-state index < -0.39 is 11.4 Å². The molecule has 11 aromatic rings. The second-order valence-corrected chi connectivity index (χ2v) is 18.9. The number of amides is 2. The molecule has 1 unspecified atom stereocenters. The highest BCUT2D eigenvalue weighted by molar-refractivity contribution is 6.42. The summed E-state index contributed by atoms with van der Waals surface area (Å²) in [5.41, 5.74) is 11.8. The van der Waals surface area contributed by atoms with Gasteiger partial charge in [0.1, 0.15) is 40.0 Å². The van der Waals surface area contributed by atoms with Crippen LogP contribution in [0.25, 0.3) is 44.1 Å². The Balaban J connectivity index is 0.000000199. The molecule has 0 aliphatic carbocycles. The molecule has 2 aromatic heterocycles. The van der Waals surface area contributed by atoms with Crippen LogP contribution in [0.2, 0.25) is 10.2 Å². The van der Waals surface area contributed by atoms with Crippen molar-refractivity contribution in [2.45, 2.75) is 25.7 Å². The Morgan fingerprint density at radius 1 is 0.557 bits per heavy atom. The number of hydrogen-bond donors (Lipinski definition) is 5. The van der Waals surface area contributed by atoms with Gasteiger partial charge in [-0.2, -0.15) is 19.2 Å². The van der Waals surface area contributed by atoms with Crippen LogP contribution < -0.4 is 21.9 Å². The van der Waals surface area contributed by atoms with Crippen molar-refractivity contribution in [2.24, 2.45) is 0 Å². The number of benzene rings is 9. The quantitative estimate of drug-likeness (QED) is 0.0523. The van der Waals surface area contributed by atoms with E-state index in [0.717, 1.165) is 23.1 Å². The fraction of sp³-hybridized carbons (Fsp3) is 0.0588. The first-order valence-electron chi connectivity index (χ1n) is 26.2. The van der Waals surface area contributed by atoms with Crippen LogP contribution >= 0.6 is 23.2 Å². The number of aromatic nitrogens is 2. The molecule has 0 aliphatic rings. The predicted octanol–water partition coefficient (Wildman–Crippen LogP) is 15.6. The van der Waals surface area contributed by atoms with Gasteiger partial charge in [0.15, 0.2) is 0 Å². The Morgan fingerprint density at radius 2 is 0.977 bits per heavy atom. The lowest BCUT2D eigenvalue weighted by molar-refractivity contribution is -0.193.